The number of carbonyl (C=O) groups is 2. The maximum Gasteiger partial charge on any atom is 0.249 e. The van der Waals surface area contributed by atoms with Gasteiger partial charge < -0.3 is 26.7 Å². The molecule has 2 heterocycles. The molecule has 4 aromatic rings. The Kier molecular flexibility index (Phi) is 9.50. The van der Waals surface area contributed by atoms with Crippen LogP contribution in [0, 0.1) is 11.3 Å². The highest BCUT2D eigenvalue weighted by Crippen LogP contribution is 2.21. The monoisotopic (exact) mass is 536 g/mol. The number of anilines is 1. The topological polar surface area (TPSA) is 165 Å². The Morgan fingerprint density at radius 2 is 1.87 bits per heavy atom. The summed E-state index contributed by atoms with van der Waals surface area (Å²) in [6, 6.07) is 15.0. The summed E-state index contributed by atoms with van der Waals surface area (Å²) in [4.78, 5) is 29.7. The molecule has 2 unspecified atom stereocenters. The zero-order valence-corrected chi connectivity index (χ0v) is 22.1. The van der Waals surface area contributed by atoms with Gasteiger partial charge in [0.05, 0.1) is 5.69 Å². The minimum absolute atomic E-state index is 0. The SMILES string of the molecule is CC(C)C(NC(=O)C(Nc1cccc(C(=N)N)c1)c1cc[nH]n1)C(=O)NCCc1c[nH]c2ccccc12.Cl. The number of halogens is 1. The lowest BCUT2D eigenvalue weighted by Crippen LogP contribution is -2.52. The van der Waals surface area contributed by atoms with Crippen molar-refractivity contribution in [2.75, 3.05) is 11.9 Å². The van der Waals surface area contributed by atoms with Gasteiger partial charge in [-0.05, 0) is 42.2 Å². The number of aromatic nitrogens is 3. The van der Waals surface area contributed by atoms with Gasteiger partial charge in [0.2, 0.25) is 11.8 Å². The van der Waals surface area contributed by atoms with E-state index in [1.165, 1.54) is 0 Å². The Bertz CT molecular complexity index is 1380. The molecular weight excluding hydrogens is 504 g/mol. The first-order valence-electron chi connectivity index (χ1n) is 12.2. The van der Waals surface area contributed by atoms with Crippen LogP contribution in [0.5, 0.6) is 0 Å². The first kappa shape index (κ1) is 28.3. The lowest BCUT2D eigenvalue weighted by Gasteiger charge is -2.25. The number of aromatic amines is 2. The van der Waals surface area contributed by atoms with E-state index < -0.39 is 18.0 Å². The standard InChI is InChI=1S/C27H32N8O2.ClH/c1-16(2)23(26(36)30-12-10-18-15-31-21-9-4-3-8-20(18)21)34-27(37)24(22-11-13-32-35-22)33-19-7-5-6-17(14-19)25(28)29;/h3-9,11,13-16,23-24,31,33H,10,12H2,1-2H3,(H3,28,29)(H,30,36)(H,32,35)(H,34,37);1H. The molecule has 2 aromatic heterocycles. The Morgan fingerprint density at radius 3 is 2.58 bits per heavy atom. The fourth-order valence-corrected chi connectivity index (χ4v) is 4.19. The molecule has 0 fully saturated rings. The van der Waals surface area contributed by atoms with E-state index in [4.69, 9.17) is 11.1 Å². The molecule has 0 aliphatic rings. The van der Waals surface area contributed by atoms with E-state index in [2.05, 4.69) is 37.2 Å². The van der Waals surface area contributed by atoms with Crippen molar-refractivity contribution in [3.05, 3.63) is 83.8 Å². The average molecular weight is 537 g/mol. The van der Waals surface area contributed by atoms with E-state index >= 15 is 0 Å². The van der Waals surface area contributed by atoms with E-state index in [9.17, 15) is 9.59 Å². The number of benzene rings is 2. The van der Waals surface area contributed by atoms with Gasteiger partial charge in [0, 0.05) is 41.1 Å². The predicted molar refractivity (Wildman–Crippen MR) is 151 cm³/mol. The Hall–Kier alpha value is -4.31. The second kappa shape index (κ2) is 12.8. The van der Waals surface area contributed by atoms with Crippen LogP contribution >= 0.6 is 12.4 Å². The quantitative estimate of drug-likeness (QED) is 0.115. The van der Waals surface area contributed by atoms with Crippen molar-refractivity contribution in [1.82, 2.24) is 25.8 Å². The number of para-hydroxylation sites is 1. The molecule has 4 rings (SSSR count). The van der Waals surface area contributed by atoms with Gasteiger partial charge in [0.25, 0.3) is 0 Å². The summed E-state index contributed by atoms with van der Waals surface area (Å²) < 4.78 is 0. The molecule has 0 aliphatic carbocycles. The molecular formula is C27H33ClN8O2. The molecule has 2 aromatic carbocycles. The van der Waals surface area contributed by atoms with Crippen LogP contribution in [0.15, 0.2) is 67.0 Å². The first-order chi connectivity index (χ1) is 17.8. The average Bonchev–Trinajstić information content (AvgIpc) is 3.56. The number of rotatable bonds is 11. The fraction of sp³-hybridized carbons (Fsp3) is 0.259. The first-order valence-corrected chi connectivity index (χ1v) is 12.2. The smallest absolute Gasteiger partial charge is 0.249 e. The van der Waals surface area contributed by atoms with Crippen molar-refractivity contribution in [1.29, 1.82) is 5.41 Å². The number of nitrogens with two attached hydrogens (primary N) is 1. The zero-order chi connectivity index (χ0) is 26.4. The molecule has 0 bridgehead atoms. The van der Waals surface area contributed by atoms with E-state index in [1.54, 1.807) is 36.5 Å². The number of nitrogens with zero attached hydrogens (tertiary/aromatic N) is 1. The van der Waals surface area contributed by atoms with Crippen molar-refractivity contribution < 1.29 is 9.59 Å². The minimum Gasteiger partial charge on any atom is -0.384 e. The summed E-state index contributed by atoms with van der Waals surface area (Å²) in [6.07, 6.45) is 4.25. The summed E-state index contributed by atoms with van der Waals surface area (Å²) in [5.41, 5.74) is 9.38. The Morgan fingerprint density at radius 1 is 1.08 bits per heavy atom. The van der Waals surface area contributed by atoms with Crippen LogP contribution in [0.4, 0.5) is 5.69 Å². The van der Waals surface area contributed by atoms with Crippen molar-refractivity contribution in [3.63, 3.8) is 0 Å². The summed E-state index contributed by atoms with van der Waals surface area (Å²) in [5, 5.41) is 24.7. The number of amides is 2. The number of amidine groups is 1. The van der Waals surface area contributed by atoms with E-state index in [0.717, 1.165) is 16.5 Å². The second-order valence-corrected chi connectivity index (χ2v) is 9.20. The summed E-state index contributed by atoms with van der Waals surface area (Å²) in [5.74, 6) is -0.861. The summed E-state index contributed by atoms with van der Waals surface area (Å²) >= 11 is 0. The van der Waals surface area contributed by atoms with Crippen LogP contribution in [0.3, 0.4) is 0 Å². The van der Waals surface area contributed by atoms with Gasteiger partial charge in [-0.1, -0.05) is 44.2 Å². The zero-order valence-electron chi connectivity index (χ0n) is 21.2. The Balaban J connectivity index is 0.00000400. The van der Waals surface area contributed by atoms with Crippen molar-refractivity contribution in [2.45, 2.75) is 32.4 Å². The van der Waals surface area contributed by atoms with Crippen LogP contribution in [-0.2, 0) is 16.0 Å². The second-order valence-electron chi connectivity index (χ2n) is 9.20. The van der Waals surface area contributed by atoms with Gasteiger partial charge in [0.1, 0.15) is 11.9 Å². The number of H-pyrrole nitrogens is 2. The third kappa shape index (κ3) is 6.71. The predicted octanol–water partition coefficient (Wildman–Crippen LogP) is 3.25. The maximum absolute atomic E-state index is 13.4. The van der Waals surface area contributed by atoms with E-state index in [0.29, 0.717) is 29.9 Å². The maximum atomic E-state index is 13.4. The van der Waals surface area contributed by atoms with Crippen molar-refractivity contribution >= 4 is 46.6 Å². The number of hydrogen-bond acceptors (Lipinski definition) is 5. The van der Waals surface area contributed by atoms with Crippen LogP contribution in [0.1, 0.15) is 36.7 Å². The third-order valence-corrected chi connectivity index (χ3v) is 6.18. The van der Waals surface area contributed by atoms with Gasteiger partial charge in [-0.15, -0.1) is 12.4 Å². The van der Waals surface area contributed by atoms with Gasteiger partial charge in [-0.25, -0.2) is 0 Å². The van der Waals surface area contributed by atoms with E-state index in [1.807, 2.05) is 38.2 Å². The molecule has 8 N–H and O–H groups in total. The molecule has 2 amide bonds. The lowest BCUT2D eigenvalue weighted by atomic mass is 10.0. The van der Waals surface area contributed by atoms with Gasteiger partial charge in [-0.3, -0.25) is 20.1 Å². The molecule has 0 spiro atoms. The molecule has 0 saturated heterocycles. The number of nitrogen functional groups attached to an aromatic ring is 1. The number of fused-ring (bicyclic) bond motifs is 1. The molecule has 0 radical (unpaired) electrons. The van der Waals surface area contributed by atoms with E-state index in [-0.39, 0.29) is 30.1 Å². The summed E-state index contributed by atoms with van der Waals surface area (Å²) in [7, 11) is 0. The van der Waals surface area contributed by atoms with Crippen molar-refractivity contribution in [2.24, 2.45) is 11.7 Å². The van der Waals surface area contributed by atoms with Crippen molar-refractivity contribution in [3.8, 4) is 0 Å². The Labute approximate surface area is 227 Å². The largest absolute Gasteiger partial charge is 0.384 e. The van der Waals surface area contributed by atoms with Crippen LogP contribution in [-0.4, -0.2) is 45.4 Å². The normalized spacial score (nSPS) is 12.4. The molecule has 38 heavy (non-hydrogen) atoms. The van der Waals surface area contributed by atoms with Gasteiger partial charge in [-0.2, -0.15) is 5.10 Å². The molecule has 11 heteroatoms. The highest BCUT2D eigenvalue weighted by atomic mass is 35.5. The third-order valence-electron chi connectivity index (χ3n) is 6.18. The van der Waals surface area contributed by atoms with Crippen LogP contribution in [0.25, 0.3) is 10.9 Å². The number of hydrogen-bond donors (Lipinski definition) is 7. The van der Waals surface area contributed by atoms with Crippen LogP contribution < -0.4 is 21.7 Å². The lowest BCUT2D eigenvalue weighted by molar-refractivity contribution is -0.130. The fourth-order valence-electron chi connectivity index (χ4n) is 4.19. The highest BCUT2D eigenvalue weighted by Gasteiger charge is 2.29. The van der Waals surface area contributed by atoms with Gasteiger partial charge in [0.15, 0.2) is 6.04 Å². The molecule has 0 aliphatic heterocycles. The molecule has 10 nitrogen and oxygen atoms in total. The van der Waals surface area contributed by atoms with Gasteiger partial charge >= 0.3 is 0 Å². The molecule has 200 valence electrons. The molecule has 0 saturated carbocycles. The minimum atomic E-state index is -0.867. The number of carbonyl (C=O) groups excluding carboxylic acids is 2. The van der Waals surface area contributed by atoms with Crippen LogP contribution in [0.2, 0.25) is 0 Å². The molecule has 2 atom stereocenters. The number of nitrogens with one attached hydrogen (secondary N) is 6. The highest BCUT2D eigenvalue weighted by molar-refractivity contribution is 5.96. The summed E-state index contributed by atoms with van der Waals surface area (Å²) in [6.45, 7) is 4.22.